The predicted octanol–water partition coefficient (Wildman–Crippen LogP) is 1.56. The molecule has 18 heavy (non-hydrogen) atoms. The maximum Gasteiger partial charge on any atom is 0.471 e. The van der Waals surface area contributed by atoms with E-state index in [0.717, 1.165) is 13.2 Å². The van der Waals surface area contributed by atoms with Crippen LogP contribution in [0.3, 0.4) is 0 Å². The molecule has 0 aliphatic carbocycles. The van der Waals surface area contributed by atoms with Crippen molar-refractivity contribution in [1.82, 2.24) is 0 Å². The molecule has 0 spiro atoms. The van der Waals surface area contributed by atoms with Gasteiger partial charge >= 0.3 is 18.1 Å². The average molecular weight is 262 g/mol. The number of ether oxygens (including phenoxy) is 1. The highest BCUT2D eigenvalue weighted by molar-refractivity contribution is 5.99. The van der Waals surface area contributed by atoms with E-state index >= 15 is 0 Å². The Balaban J connectivity index is 3.02. The molecule has 5 nitrogen and oxygen atoms in total. The summed E-state index contributed by atoms with van der Waals surface area (Å²) in [6.07, 6.45) is -5.03. The Morgan fingerprint density at radius 2 is 1.94 bits per heavy atom. The monoisotopic (exact) mass is 262 g/mol. The van der Waals surface area contributed by atoms with Gasteiger partial charge in [0.1, 0.15) is 0 Å². The first-order chi connectivity index (χ1) is 8.25. The molecule has 0 aliphatic rings. The van der Waals surface area contributed by atoms with Crippen LogP contribution < -0.4 is 11.1 Å². The molecule has 0 unspecified atom stereocenters. The number of hydrogen-bond donors (Lipinski definition) is 2. The zero-order valence-corrected chi connectivity index (χ0v) is 9.17. The molecular weight excluding hydrogens is 253 g/mol. The number of carbonyl (C=O) groups is 2. The van der Waals surface area contributed by atoms with Crippen LogP contribution in [0.4, 0.5) is 24.5 Å². The van der Waals surface area contributed by atoms with E-state index in [-0.39, 0.29) is 16.9 Å². The molecular formula is C10H9F3N2O3. The minimum atomic E-state index is -5.03. The predicted molar refractivity (Wildman–Crippen MR) is 56.9 cm³/mol. The van der Waals surface area contributed by atoms with Gasteiger partial charge in [-0.2, -0.15) is 13.2 Å². The van der Waals surface area contributed by atoms with Gasteiger partial charge in [-0.25, -0.2) is 4.79 Å². The van der Waals surface area contributed by atoms with Crippen LogP contribution in [0.15, 0.2) is 18.2 Å². The highest BCUT2D eigenvalue weighted by atomic mass is 19.4. The number of nitrogens with one attached hydrogen (secondary N) is 1. The van der Waals surface area contributed by atoms with Crippen molar-refractivity contribution in [3.05, 3.63) is 23.8 Å². The molecule has 0 bridgehead atoms. The molecule has 0 saturated heterocycles. The second kappa shape index (κ2) is 4.94. The van der Waals surface area contributed by atoms with Crippen molar-refractivity contribution in [2.75, 3.05) is 18.2 Å². The highest BCUT2D eigenvalue weighted by Crippen LogP contribution is 2.24. The summed E-state index contributed by atoms with van der Waals surface area (Å²) < 4.78 is 40.5. The number of hydrogen-bond acceptors (Lipinski definition) is 4. The van der Waals surface area contributed by atoms with Gasteiger partial charge in [0.2, 0.25) is 0 Å². The number of alkyl halides is 3. The van der Waals surface area contributed by atoms with Crippen molar-refractivity contribution in [2.45, 2.75) is 6.18 Å². The van der Waals surface area contributed by atoms with Gasteiger partial charge in [-0.1, -0.05) is 0 Å². The standard InChI is InChI=1S/C10H9F3N2O3/c1-18-8(16)5-2-3-6(14)7(4-5)15-9(17)10(11,12)13/h2-4H,14H2,1H3,(H,15,17). The number of rotatable bonds is 2. The van der Waals surface area contributed by atoms with Crippen LogP contribution in [0, 0.1) is 0 Å². The van der Waals surface area contributed by atoms with Gasteiger partial charge in [-0.05, 0) is 18.2 Å². The Morgan fingerprint density at radius 3 is 2.44 bits per heavy atom. The van der Waals surface area contributed by atoms with E-state index in [4.69, 9.17) is 5.73 Å². The Morgan fingerprint density at radius 1 is 1.33 bits per heavy atom. The first kappa shape index (κ1) is 13.8. The third-order valence-corrected chi connectivity index (χ3v) is 1.98. The molecule has 0 fully saturated rings. The number of anilines is 2. The number of methoxy groups -OCH3 is 1. The van der Waals surface area contributed by atoms with E-state index in [9.17, 15) is 22.8 Å². The quantitative estimate of drug-likeness (QED) is 0.626. The number of amides is 1. The summed E-state index contributed by atoms with van der Waals surface area (Å²) >= 11 is 0. The Kier molecular flexibility index (Phi) is 3.79. The number of esters is 1. The number of halogens is 3. The van der Waals surface area contributed by atoms with E-state index in [0.29, 0.717) is 0 Å². The highest BCUT2D eigenvalue weighted by Gasteiger charge is 2.39. The van der Waals surface area contributed by atoms with Gasteiger partial charge in [0.25, 0.3) is 0 Å². The molecule has 98 valence electrons. The lowest BCUT2D eigenvalue weighted by Crippen LogP contribution is -2.30. The molecule has 1 amide bonds. The maximum atomic E-state index is 12.0. The van der Waals surface area contributed by atoms with Crippen LogP contribution >= 0.6 is 0 Å². The normalized spacial score (nSPS) is 10.9. The third-order valence-electron chi connectivity index (χ3n) is 1.98. The lowest BCUT2D eigenvalue weighted by molar-refractivity contribution is -0.167. The molecule has 0 atom stereocenters. The SMILES string of the molecule is COC(=O)c1ccc(N)c(NC(=O)C(F)(F)F)c1. The molecule has 8 heteroatoms. The maximum absolute atomic E-state index is 12.0. The van der Waals surface area contributed by atoms with Crippen LogP contribution in [0.25, 0.3) is 0 Å². The first-order valence-corrected chi connectivity index (χ1v) is 4.61. The van der Waals surface area contributed by atoms with Gasteiger partial charge in [-0.3, -0.25) is 4.79 Å². The van der Waals surface area contributed by atoms with Crippen LogP contribution in [0.5, 0.6) is 0 Å². The third kappa shape index (κ3) is 3.12. The van der Waals surface area contributed by atoms with Gasteiger partial charge in [0.05, 0.1) is 24.0 Å². The zero-order valence-electron chi connectivity index (χ0n) is 9.17. The fourth-order valence-corrected chi connectivity index (χ4v) is 1.10. The minimum absolute atomic E-state index is 0.0239. The van der Waals surface area contributed by atoms with Crippen LogP contribution in [-0.4, -0.2) is 25.2 Å². The van der Waals surface area contributed by atoms with E-state index in [1.807, 2.05) is 0 Å². The molecule has 0 aromatic heterocycles. The van der Waals surface area contributed by atoms with Crippen LogP contribution in [-0.2, 0) is 9.53 Å². The Hall–Kier alpha value is -2.25. The van der Waals surface area contributed by atoms with Gasteiger partial charge in [0, 0.05) is 0 Å². The smallest absolute Gasteiger partial charge is 0.465 e. The summed E-state index contributed by atoms with van der Waals surface area (Å²) in [5, 5.41) is 1.57. The fraction of sp³-hybridized carbons (Fsp3) is 0.200. The first-order valence-electron chi connectivity index (χ1n) is 4.61. The van der Waals surface area contributed by atoms with Crippen molar-refractivity contribution < 1.29 is 27.5 Å². The Labute approximate surface area is 99.7 Å². The van der Waals surface area contributed by atoms with Crippen molar-refractivity contribution in [2.24, 2.45) is 0 Å². The zero-order chi connectivity index (χ0) is 13.9. The topological polar surface area (TPSA) is 81.4 Å². The largest absolute Gasteiger partial charge is 0.471 e. The van der Waals surface area contributed by atoms with E-state index in [2.05, 4.69) is 4.74 Å². The van der Waals surface area contributed by atoms with Gasteiger partial charge in [-0.15, -0.1) is 0 Å². The van der Waals surface area contributed by atoms with Crippen molar-refractivity contribution in [3.8, 4) is 0 Å². The minimum Gasteiger partial charge on any atom is -0.465 e. The second-order valence-corrected chi connectivity index (χ2v) is 3.25. The number of benzene rings is 1. The average Bonchev–Trinajstić information content (AvgIpc) is 2.29. The second-order valence-electron chi connectivity index (χ2n) is 3.25. The van der Waals surface area contributed by atoms with Gasteiger partial charge in [0.15, 0.2) is 0 Å². The Bertz CT molecular complexity index is 486. The van der Waals surface area contributed by atoms with E-state index in [1.54, 1.807) is 5.32 Å². The van der Waals surface area contributed by atoms with Crippen LogP contribution in [0.1, 0.15) is 10.4 Å². The fourth-order valence-electron chi connectivity index (χ4n) is 1.10. The molecule has 1 rings (SSSR count). The number of nitrogen functional groups attached to an aromatic ring is 1. The van der Waals surface area contributed by atoms with E-state index < -0.39 is 18.1 Å². The molecule has 0 radical (unpaired) electrons. The molecule has 0 heterocycles. The molecule has 0 saturated carbocycles. The molecule has 3 N–H and O–H groups in total. The summed E-state index contributed by atoms with van der Waals surface area (Å²) in [6.45, 7) is 0. The summed E-state index contributed by atoms with van der Waals surface area (Å²) in [6, 6.07) is 3.47. The van der Waals surface area contributed by atoms with Crippen LogP contribution in [0.2, 0.25) is 0 Å². The number of carbonyl (C=O) groups excluding carboxylic acids is 2. The van der Waals surface area contributed by atoms with Crippen molar-refractivity contribution >= 4 is 23.3 Å². The molecule has 0 aliphatic heterocycles. The summed E-state index contributed by atoms with van der Waals surface area (Å²) in [5.74, 6) is -2.92. The lowest BCUT2D eigenvalue weighted by Gasteiger charge is -2.11. The number of nitrogens with two attached hydrogens (primary N) is 1. The lowest BCUT2D eigenvalue weighted by atomic mass is 10.1. The van der Waals surface area contributed by atoms with Crippen molar-refractivity contribution in [3.63, 3.8) is 0 Å². The molecule has 1 aromatic rings. The van der Waals surface area contributed by atoms with E-state index in [1.165, 1.54) is 12.1 Å². The summed E-state index contributed by atoms with van der Waals surface area (Å²) in [5.41, 5.74) is 4.96. The van der Waals surface area contributed by atoms with Gasteiger partial charge < -0.3 is 15.8 Å². The molecule has 1 aromatic carbocycles. The summed E-state index contributed by atoms with van der Waals surface area (Å²) in [4.78, 5) is 21.9. The van der Waals surface area contributed by atoms with Crippen molar-refractivity contribution in [1.29, 1.82) is 0 Å². The summed E-state index contributed by atoms with van der Waals surface area (Å²) in [7, 11) is 1.12.